The Morgan fingerprint density at radius 2 is 2.27 bits per heavy atom. The molecular formula is C11H11NO3. The molecule has 1 rings (SSSR count). The number of rotatable bonds is 4. The molecule has 78 valence electrons. The molecule has 15 heavy (non-hydrogen) atoms. The maximum atomic E-state index is 11.6. The number of esters is 1. The van der Waals surface area contributed by atoms with E-state index in [1.807, 2.05) is 0 Å². The average Bonchev–Trinajstić information content (AvgIpc) is 2.29. The number of methoxy groups -OCH3 is 1. The molecule has 0 amide bonds. The smallest absolute Gasteiger partial charge is 0.333 e. The van der Waals surface area contributed by atoms with Crippen LogP contribution in [0.5, 0.6) is 0 Å². The van der Waals surface area contributed by atoms with Crippen LogP contribution in [0.1, 0.15) is 16.8 Å². The van der Waals surface area contributed by atoms with Gasteiger partial charge in [-0.1, -0.05) is 6.58 Å². The molecule has 1 aromatic heterocycles. The van der Waals surface area contributed by atoms with Crippen LogP contribution in [0.15, 0.2) is 36.7 Å². The molecule has 1 aromatic rings. The molecule has 4 heteroatoms. The van der Waals surface area contributed by atoms with Crippen molar-refractivity contribution in [3.63, 3.8) is 0 Å². The van der Waals surface area contributed by atoms with Gasteiger partial charge in [0.05, 0.1) is 7.11 Å². The van der Waals surface area contributed by atoms with E-state index >= 15 is 0 Å². The van der Waals surface area contributed by atoms with Gasteiger partial charge in [0.25, 0.3) is 0 Å². The first kappa shape index (κ1) is 11.1. The van der Waals surface area contributed by atoms with E-state index in [1.165, 1.54) is 13.3 Å². The Bertz CT molecular complexity index is 384. The Hall–Kier alpha value is -1.97. The number of Topliss-reactive ketones (excluding diaryl/α,β-unsaturated/α-hetero) is 1. The topological polar surface area (TPSA) is 56.3 Å². The molecule has 0 spiro atoms. The minimum absolute atomic E-state index is 0.0433. The van der Waals surface area contributed by atoms with E-state index in [9.17, 15) is 9.59 Å². The fraction of sp³-hybridized carbons (Fsp3) is 0.182. The molecule has 0 aromatic carbocycles. The summed E-state index contributed by atoms with van der Waals surface area (Å²) >= 11 is 0. The molecule has 0 N–H and O–H groups in total. The lowest BCUT2D eigenvalue weighted by atomic mass is 10.1. The largest absolute Gasteiger partial charge is 0.466 e. The van der Waals surface area contributed by atoms with Crippen molar-refractivity contribution in [3.8, 4) is 0 Å². The summed E-state index contributed by atoms with van der Waals surface area (Å²) in [5.41, 5.74) is 0.605. The summed E-state index contributed by atoms with van der Waals surface area (Å²) in [5.74, 6) is -0.759. The number of ketones is 1. The van der Waals surface area contributed by atoms with Crippen LogP contribution in [0, 0.1) is 0 Å². The average molecular weight is 205 g/mol. The van der Waals surface area contributed by atoms with Crippen molar-refractivity contribution in [2.75, 3.05) is 7.11 Å². The van der Waals surface area contributed by atoms with Crippen LogP contribution in [0.2, 0.25) is 0 Å². The molecule has 0 unspecified atom stereocenters. The Morgan fingerprint density at radius 3 is 2.80 bits per heavy atom. The Labute approximate surface area is 87.6 Å². The Balaban J connectivity index is 2.65. The van der Waals surface area contributed by atoms with Crippen LogP contribution in [-0.2, 0) is 9.53 Å². The quantitative estimate of drug-likeness (QED) is 0.423. The number of hydrogen-bond acceptors (Lipinski definition) is 4. The highest BCUT2D eigenvalue weighted by atomic mass is 16.5. The number of hydrogen-bond donors (Lipinski definition) is 0. The van der Waals surface area contributed by atoms with E-state index in [4.69, 9.17) is 0 Å². The SMILES string of the molecule is C=C(CC(=O)c1cccnc1)C(=O)OC. The van der Waals surface area contributed by atoms with E-state index in [-0.39, 0.29) is 17.8 Å². The van der Waals surface area contributed by atoms with E-state index < -0.39 is 5.97 Å². The minimum Gasteiger partial charge on any atom is -0.466 e. The van der Waals surface area contributed by atoms with Crippen LogP contribution < -0.4 is 0 Å². The Morgan fingerprint density at radius 1 is 1.53 bits per heavy atom. The van der Waals surface area contributed by atoms with Crippen molar-refractivity contribution >= 4 is 11.8 Å². The minimum atomic E-state index is -0.563. The highest BCUT2D eigenvalue weighted by Crippen LogP contribution is 2.07. The zero-order chi connectivity index (χ0) is 11.3. The van der Waals surface area contributed by atoms with Crippen LogP contribution in [0.3, 0.4) is 0 Å². The third-order valence-corrected chi connectivity index (χ3v) is 1.83. The third-order valence-electron chi connectivity index (χ3n) is 1.83. The lowest BCUT2D eigenvalue weighted by Crippen LogP contribution is -2.09. The monoisotopic (exact) mass is 205 g/mol. The van der Waals surface area contributed by atoms with Gasteiger partial charge >= 0.3 is 5.97 Å². The summed E-state index contributed by atoms with van der Waals surface area (Å²) in [7, 11) is 1.25. The van der Waals surface area contributed by atoms with Gasteiger partial charge in [-0.15, -0.1) is 0 Å². The van der Waals surface area contributed by atoms with Gasteiger partial charge in [-0.25, -0.2) is 4.79 Å². The highest BCUT2D eigenvalue weighted by molar-refractivity contribution is 6.02. The number of pyridine rings is 1. The summed E-state index contributed by atoms with van der Waals surface area (Å²) in [4.78, 5) is 26.4. The summed E-state index contributed by atoms with van der Waals surface area (Å²) in [6.45, 7) is 3.48. The predicted molar refractivity (Wildman–Crippen MR) is 54.3 cm³/mol. The molecule has 0 aliphatic heterocycles. The van der Waals surface area contributed by atoms with Crippen molar-refractivity contribution in [1.29, 1.82) is 0 Å². The van der Waals surface area contributed by atoms with Gasteiger partial charge in [0.1, 0.15) is 0 Å². The van der Waals surface area contributed by atoms with E-state index in [0.29, 0.717) is 5.56 Å². The first-order valence-corrected chi connectivity index (χ1v) is 4.34. The van der Waals surface area contributed by atoms with Crippen molar-refractivity contribution in [3.05, 3.63) is 42.2 Å². The molecule has 0 aliphatic rings. The van der Waals surface area contributed by atoms with Crippen LogP contribution in [0.25, 0.3) is 0 Å². The van der Waals surface area contributed by atoms with E-state index in [2.05, 4.69) is 16.3 Å². The fourth-order valence-electron chi connectivity index (χ4n) is 1.04. The number of nitrogens with zero attached hydrogens (tertiary/aromatic N) is 1. The van der Waals surface area contributed by atoms with Gasteiger partial charge in [0.15, 0.2) is 5.78 Å². The van der Waals surface area contributed by atoms with Crippen LogP contribution in [-0.4, -0.2) is 23.8 Å². The van der Waals surface area contributed by atoms with Gasteiger partial charge in [-0.2, -0.15) is 0 Å². The van der Waals surface area contributed by atoms with E-state index in [1.54, 1.807) is 18.3 Å². The maximum Gasteiger partial charge on any atom is 0.333 e. The van der Waals surface area contributed by atoms with Crippen LogP contribution >= 0.6 is 0 Å². The fourth-order valence-corrected chi connectivity index (χ4v) is 1.04. The second kappa shape index (κ2) is 5.05. The van der Waals surface area contributed by atoms with Crippen molar-refractivity contribution in [2.45, 2.75) is 6.42 Å². The zero-order valence-electron chi connectivity index (χ0n) is 8.40. The van der Waals surface area contributed by atoms with Crippen LogP contribution in [0.4, 0.5) is 0 Å². The van der Waals surface area contributed by atoms with E-state index in [0.717, 1.165) is 0 Å². The van der Waals surface area contributed by atoms with Gasteiger partial charge < -0.3 is 4.74 Å². The third kappa shape index (κ3) is 3.02. The summed E-state index contributed by atoms with van der Waals surface area (Å²) in [5, 5.41) is 0. The molecule has 0 bridgehead atoms. The number of carbonyl (C=O) groups excluding carboxylic acids is 2. The summed E-state index contributed by atoms with van der Waals surface area (Å²) in [6.07, 6.45) is 2.98. The summed E-state index contributed by atoms with van der Waals surface area (Å²) < 4.78 is 4.44. The number of carbonyl (C=O) groups is 2. The lowest BCUT2D eigenvalue weighted by Gasteiger charge is -2.02. The second-order valence-electron chi connectivity index (χ2n) is 2.94. The van der Waals surface area contributed by atoms with Crippen molar-refractivity contribution < 1.29 is 14.3 Å². The molecule has 4 nitrogen and oxygen atoms in total. The molecule has 0 radical (unpaired) electrons. The lowest BCUT2D eigenvalue weighted by molar-refractivity contribution is -0.136. The Kier molecular flexibility index (Phi) is 3.74. The molecule has 1 heterocycles. The zero-order valence-corrected chi connectivity index (χ0v) is 8.40. The molecule has 0 aliphatic carbocycles. The standard InChI is InChI=1S/C11H11NO3/c1-8(11(14)15-2)6-10(13)9-4-3-5-12-7-9/h3-5,7H,1,6H2,2H3. The normalized spacial score (nSPS) is 9.40. The molecule has 0 saturated heterocycles. The molecule has 0 saturated carbocycles. The van der Waals surface area contributed by atoms with Crippen molar-refractivity contribution in [2.24, 2.45) is 0 Å². The second-order valence-corrected chi connectivity index (χ2v) is 2.94. The van der Waals surface area contributed by atoms with Crippen molar-refractivity contribution in [1.82, 2.24) is 4.98 Å². The van der Waals surface area contributed by atoms with Gasteiger partial charge in [0.2, 0.25) is 0 Å². The van der Waals surface area contributed by atoms with Gasteiger partial charge in [-0.05, 0) is 12.1 Å². The number of ether oxygens (including phenoxy) is 1. The van der Waals surface area contributed by atoms with Gasteiger partial charge in [0, 0.05) is 30.0 Å². The summed E-state index contributed by atoms with van der Waals surface area (Å²) in [6, 6.07) is 3.30. The predicted octanol–water partition coefficient (Wildman–Crippen LogP) is 1.38. The first-order chi connectivity index (χ1) is 7.15. The van der Waals surface area contributed by atoms with Gasteiger partial charge in [-0.3, -0.25) is 9.78 Å². The maximum absolute atomic E-state index is 11.6. The highest BCUT2D eigenvalue weighted by Gasteiger charge is 2.13. The number of aromatic nitrogens is 1. The molecular weight excluding hydrogens is 194 g/mol. The first-order valence-electron chi connectivity index (χ1n) is 4.34. The molecule has 0 atom stereocenters. The molecule has 0 fully saturated rings.